The number of anilines is 1. The van der Waals surface area contributed by atoms with Gasteiger partial charge in [-0.1, -0.05) is 35.3 Å². The molecule has 1 amide bonds. The van der Waals surface area contributed by atoms with E-state index in [-0.39, 0.29) is 27.0 Å². The molecule has 1 N–H and O–H groups in total. The van der Waals surface area contributed by atoms with Crippen molar-refractivity contribution in [3.63, 3.8) is 0 Å². The van der Waals surface area contributed by atoms with E-state index >= 15 is 0 Å². The molecule has 0 fully saturated rings. The van der Waals surface area contributed by atoms with Crippen LogP contribution in [0.15, 0.2) is 42.5 Å². The fourth-order valence-corrected chi connectivity index (χ4v) is 1.99. The third-order valence-electron chi connectivity index (χ3n) is 2.71. The van der Waals surface area contributed by atoms with E-state index in [2.05, 4.69) is 5.32 Å². The summed E-state index contributed by atoms with van der Waals surface area (Å²) in [6, 6.07) is 10.1. The number of carbonyl (C=O) groups excluding carboxylic acids is 1. The number of hydrogen-bond acceptors (Lipinski definition) is 2. The van der Waals surface area contributed by atoms with Crippen molar-refractivity contribution in [1.82, 2.24) is 0 Å². The smallest absolute Gasteiger partial charge is 0.422 e. The van der Waals surface area contributed by atoms with Gasteiger partial charge in [0.2, 0.25) is 0 Å². The van der Waals surface area contributed by atoms with Gasteiger partial charge in [-0.15, -0.1) is 0 Å². The summed E-state index contributed by atoms with van der Waals surface area (Å²) < 4.78 is 41.4. The van der Waals surface area contributed by atoms with Crippen molar-refractivity contribution in [3.8, 4) is 5.75 Å². The molecule has 0 heterocycles. The molecule has 23 heavy (non-hydrogen) atoms. The van der Waals surface area contributed by atoms with Crippen LogP contribution < -0.4 is 10.1 Å². The fourth-order valence-electron chi connectivity index (χ4n) is 1.69. The highest BCUT2D eigenvalue weighted by Crippen LogP contribution is 2.28. The molecular weight excluding hydrogens is 354 g/mol. The number of rotatable bonds is 4. The van der Waals surface area contributed by atoms with Gasteiger partial charge in [-0.05, 0) is 30.3 Å². The molecule has 0 aromatic heterocycles. The van der Waals surface area contributed by atoms with Crippen LogP contribution in [-0.2, 0) is 0 Å². The molecule has 2 aromatic carbocycles. The lowest BCUT2D eigenvalue weighted by atomic mass is 10.2. The molecule has 122 valence electrons. The minimum Gasteiger partial charge on any atom is -0.482 e. The first-order valence-electron chi connectivity index (χ1n) is 6.31. The van der Waals surface area contributed by atoms with Gasteiger partial charge in [0.1, 0.15) is 5.75 Å². The van der Waals surface area contributed by atoms with Crippen molar-refractivity contribution in [2.45, 2.75) is 6.18 Å². The predicted molar refractivity (Wildman–Crippen MR) is 82.4 cm³/mol. The Kier molecular flexibility index (Phi) is 5.38. The lowest BCUT2D eigenvalue weighted by Gasteiger charge is -2.14. The zero-order valence-electron chi connectivity index (χ0n) is 11.5. The standard InChI is InChI=1S/C15H10Cl2F3NO2/c16-10-6-5-9(7-11(10)17)14(22)21-12-3-1-2-4-13(12)23-8-15(18,19)20/h1-7H,8H2,(H,21,22). The normalized spacial score (nSPS) is 11.2. The van der Waals surface area contributed by atoms with E-state index in [1.54, 1.807) is 6.07 Å². The van der Waals surface area contributed by atoms with Crippen molar-refractivity contribution in [2.75, 3.05) is 11.9 Å². The fraction of sp³-hybridized carbons (Fsp3) is 0.133. The van der Waals surface area contributed by atoms with E-state index in [1.165, 1.54) is 36.4 Å². The van der Waals surface area contributed by atoms with Gasteiger partial charge in [-0.25, -0.2) is 0 Å². The van der Waals surface area contributed by atoms with Crippen LogP contribution >= 0.6 is 23.2 Å². The highest BCUT2D eigenvalue weighted by molar-refractivity contribution is 6.42. The van der Waals surface area contributed by atoms with Crippen molar-refractivity contribution >= 4 is 34.8 Å². The van der Waals surface area contributed by atoms with Gasteiger partial charge in [-0.2, -0.15) is 13.2 Å². The van der Waals surface area contributed by atoms with Crippen LogP contribution in [0.3, 0.4) is 0 Å². The van der Waals surface area contributed by atoms with Gasteiger partial charge in [-0.3, -0.25) is 4.79 Å². The summed E-state index contributed by atoms with van der Waals surface area (Å²) in [6.45, 7) is -1.45. The molecule has 2 aromatic rings. The first-order chi connectivity index (χ1) is 10.8. The van der Waals surface area contributed by atoms with Gasteiger partial charge in [0.05, 0.1) is 15.7 Å². The van der Waals surface area contributed by atoms with Crippen LogP contribution in [0.5, 0.6) is 5.75 Å². The molecular formula is C15H10Cl2F3NO2. The van der Waals surface area contributed by atoms with Gasteiger partial charge >= 0.3 is 6.18 Å². The lowest BCUT2D eigenvalue weighted by Crippen LogP contribution is -2.20. The molecule has 0 atom stereocenters. The van der Waals surface area contributed by atoms with Crippen molar-refractivity contribution in [1.29, 1.82) is 0 Å². The Morgan fingerprint density at radius 1 is 1.09 bits per heavy atom. The van der Waals surface area contributed by atoms with E-state index in [1.807, 2.05) is 0 Å². The number of alkyl halides is 3. The summed E-state index contributed by atoms with van der Waals surface area (Å²) >= 11 is 11.6. The average Bonchev–Trinajstić information content (AvgIpc) is 2.48. The van der Waals surface area contributed by atoms with E-state index < -0.39 is 18.7 Å². The Morgan fingerprint density at radius 2 is 1.78 bits per heavy atom. The second kappa shape index (κ2) is 7.10. The molecule has 0 bridgehead atoms. The largest absolute Gasteiger partial charge is 0.482 e. The minimum atomic E-state index is -4.47. The van der Waals surface area contributed by atoms with Crippen LogP contribution in [0, 0.1) is 0 Å². The summed E-state index contributed by atoms with van der Waals surface area (Å²) in [4.78, 5) is 12.1. The maximum Gasteiger partial charge on any atom is 0.422 e. The van der Waals surface area contributed by atoms with Crippen LogP contribution in [0.25, 0.3) is 0 Å². The molecule has 3 nitrogen and oxygen atoms in total. The predicted octanol–water partition coefficient (Wildman–Crippen LogP) is 5.19. The van der Waals surface area contributed by atoms with Crippen molar-refractivity contribution < 1.29 is 22.7 Å². The zero-order chi connectivity index (χ0) is 17.0. The summed E-state index contributed by atoms with van der Waals surface area (Å²) in [5.41, 5.74) is 0.331. The maximum absolute atomic E-state index is 12.2. The molecule has 0 saturated heterocycles. The third kappa shape index (κ3) is 5.04. The summed E-state index contributed by atoms with van der Waals surface area (Å²) in [5.74, 6) is -0.634. The molecule has 2 rings (SSSR count). The number of amides is 1. The van der Waals surface area contributed by atoms with Gasteiger partial charge in [0.15, 0.2) is 6.61 Å². The summed E-state index contributed by atoms with van der Waals surface area (Å²) in [6.07, 6.45) is -4.47. The summed E-state index contributed by atoms with van der Waals surface area (Å²) in [7, 11) is 0. The number of halogens is 5. The lowest BCUT2D eigenvalue weighted by molar-refractivity contribution is -0.153. The Hall–Kier alpha value is -1.92. The van der Waals surface area contributed by atoms with Crippen LogP contribution in [0.1, 0.15) is 10.4 Å². The van der Waals surface area contributed by atoms with Gasteiger partial charge in [0, 0.05) is 5.56 Å². The number of para-hydroxylation sites is 2. The number of hydrogen-bond donors (Lipinski definition) is 1. The van der Waals surface area contributed by atoms with E-state index in [0.717, 1.165) is 0 Å². The highest BCUT2D eigenvalue weighted by atomic mass is 35.5. The number of benzene rings is 2. The molecule has 0 aliphatic heterocycles. The van der Waals surface area contributed by atoms with E-state index in [4.69, 9.17) is 27.9 Å². The minimum absolute atomic E-state index is 0.0850. The van der Waals surface area contributed by atoms with Crippen molar-refractivity contribution in [3.05, 3.63) is 58.1 Å². The second-order valence-electron chi connectivity index (χ2n) is 4.48. The first-order valence-corrected chi connectivity index (χ1v) is 7.07. The van der Waals surface area contributed by atoms with Gasteiger partial charge < -0.3 is 10.1 Å². The topological polar surface area (TPSA) is 38.3 Å². The van der Waals surface area contributed by atoms with E-state index in [9.17, 15) is 18.0 Å². The third-order valence-corrected chi connectivity index (χ3v) is 3.45. The Labute approximate surface area is 140 Å². The maximum atomic E-state index is 12.2. The Bertz CT molecular complexity index is 720. The molecule has 0 unspecified atom stereocenters. The number of carbonyl (C=O) groups is 1. The summed E-state index contributed by atoms with van der Waals surface area (Å²) in [5, 5.41) is 2.96. The zero-order valence-corrected chi connectivity index (χ0v) is 13.0. The van der Waals surface area contributed by atoms with Gasteiger partial charge in [0.25, 0.3) is 5.91 Å². The molecule has 0 radical (unpaired) electrons. The monoisotopic (exact) mass is 363 g/mol. The number of ether oxygens (including phenoxy) is 1. The SMILES string of the molecule is O=C(Nc1ccccc1OCC(F)(F)F)c1ccc(Cl)c(Cl)c1. The Morgan fingerprint density at radius 3 is 2.43 bits per heavy atom. The first kappa shape index (κ1) is 17.4. The van der Waals surface area contributed by atoms with E-state index in [0.29, 0.717) is 0 Å². The van der Waals surface area contributed by atoms with Crippen LogP contribution in [0.2, 0.25) is 10.0 Å². The second-order valence-corrected chi connectivity index (χ2v) is 5.30. The average molecular weight is 364 g/mol. The van der Waals surface area contributed by atoms with Crippen LogP contribution in [0.4, 0.5) is 18.9 Å². The molecule has 0 spiro atoms. The van der Waals surface area contributed by atoms with Crippen LogP contribution in [-0.4, -0.2) is 18.7 Å². The quantitative estimate of drug-likeness (QED) is 0.811. The molecule has 0 aliphatic carbocycles. The highest BCUT2D eigenvalue weighted by Gasteiger charge is 2.28. The number of nitrogens with one attached hydrogen (secondary N) is 1. The Balaban J connectivity index is 2.16. The van der Waals surface area contributed by atoms with Crippen molar-refractivity contribution in [2.24, 2.45) is 0 Å². The molecule has 0 saturated carbocycles. The molecule has 8 heteroatoms. The molecule has 0 aliphatic rings.